The largest absolute Gasteiger partial charge is 0.416 e. The predicted molar refractivity (Wildman–Crippen MR) is 90.3 cm³/mol. The Morgan fingerprint density at radius 3 is 2.48 bits per heavy atom. The van der Waals surface area contributed by atoms with Gasteiger partial charge in [-0.1, -0.05) is 6.07 Å². The third kappa shape index (κ3) is 4.06. The fourth-order valence-electron chi connectivity index (χ4n) is 3.29. The van der Waals surface area contributed by atoms with Crippen LogP contribution >= 0.6 is 0 Å². The highest BCUT2D eigenvalue weighted by molar-refractivity contribution is 6.08. The molecule has 0 bridgehead atoms. The molecule has 1 aliphatic heterocycles. The third-order valence-electron chi connectivity index (χ3n) is 4.68. The minimum absolute atomic E-state index is 0.150. The van der Waals surface area contributed by atoms with Gasteiger partial charge in [0, 0.05) is 19.5 Å². The second-order valence-corrected chi connectivity index (χ2v) is 6.66. The Hall–Kier alpha value is -3.04. The number of nitrogens with zero attached hydrogens (tertiary/aromatic N) is 1. The Labute approximate surface area is 161 Å². The fraction of sp³-hybridized carbons (Fsp3) is 0.263. The van der Waals surface area contributed by atoms with Gasteiger partial charge >= 0.3 is 6.18 Å². The molecule has 1 aliphatic rings. The molecule has 2 atom stereocenters. The van der Waals surface area contributed by atoms with Gasteiger partial charge in [-0.15, -0.1) is 0 Å². The highest BCUT2D eigenvalue weighted by atomic mass is 19.4. The zero-order valence-electron chi connectivity index (χ0n) is 14.9. The third-order valence-corrected chi connectivity index (χ3v) is 4.68. The van der Waals surface area contributed by atoms with Crippen molar-refractivity contribution < 1.29 is 35.9 Å². The summed E-state index contributed by atoms with van der Waals surface area (Å²) < 4.78 is 80.0. The van der Waals surface area contributed by atoms with Crippen molar-refractivity contribution in [1.29, 1.82) is 0 Å². The minimum Gasteiger partial charge on any atom is -0.344 e. The van der Waals surface area contributed by atoms with Crippen molar-refractivity contribution in [3.63, 3.8) is 0 Å². The average molecular weight is 416 g/mol. The number of likely N-dealkylation sites (tertiary alicyclic amines) is 1. The summed E-state index contributed by atoms with van der Waals surface area (Å²) in [4.78, 5) is 26.1. The van der Waals surface area contributed by atoms with E-state index in [4.69, 9.17) is 0 Å². The van der Waals surface area contributed by atoms with Gasteiger partial charge in [-0.05, 0) is 35.9 Å². The standard InChI is InChI=1S/C19H14F6N2O2/c1-27-8-12(9-5-10(19(23,24)25)7-11(20)6-9)15(18(27)29)17(28)26-14-4-2-3-13(21)16(14)22/h2-7,12,15H,8H2,1H3,(H,26,28)/t12-,15+/m1/s1. The Bertz CT molecular complexity index is 976. The number of carbonyl (C=O) groups is 2. The number of nitrogens with one attached hydrogen (secondary N) is 1. The van der Waals surface area contributed by atoms with Crippen molar-refractivity contribution in [3.8, 4) is 0 Å². The van der Waals surface area contributed by atoms with Gasteiger partial charge in [-0.2, -0.15) is 13.2 Å². The Morgan fingerprint density at radius 2 is 1.83 bits per heavy atom. The first-order valence-corrected chi connectivity index (χ1v) is 8.36. The lowest BCUT2D eigenvalue weighted by molar-refractivity contribution is -0.138. The molecule has 0 radical (unpaired) electrons. The number of hydrogen-bond acceptors (Lipinski definition) is 2. The molecule has 1 heterocycles. The Balaban J connectivity index is 1.97. The molecule has 10 heteroatoms. The molecule has 1 saturated heterocycles. The molecular weight excluding hydrogens is 402 g/mol. The van der Waals surface area contributed by atoms with Crippen LogP contribution in [0.25, 0.3) is 0 Å². The number of hydrogen-bond donors (Lipinski definition) is 1. The van der Waals surface area contributed by atoms with Crippen LogP contribution in [0.2, 0.25) is 0 Å². The molecule has 2 aromatic carbocycles. The number of carbonyl (C=O) groups excluding carboxylic acids is 2. The summed E-state index contributed by atoms with van der Waals surface area (Å²) in [6, 6.07) is 4.82. The number of amides is 2. The number of likely N-dealkylation sites (N-methyl/N-ethyl adjacent to an activating group) is 1. The van der Waals surface area contributed by atoms with Crippen LogP contribution in [0.3, 0.4) is 0 Å². The second kappa shape index (κ2) is 7.41. The number of alkyl halides is 3. The van der Waals surface area contributed by atoms with Gasteiger partial charge < -0.3 is 10.2 Å². The maximum Gasteiger partial charge on any atom is 0.416 e. The smallest absolute Gasteiger partial charge is 0.344 e. The number of rotatable bonds is 3. The highest BCUT2D eigenvalue weighted by Gasteiger charge is 2.45. The van der Waals surface area contributed by atoms with Crippen LogP contribution < -0.4 is 5.32 Å². The molecular formula is C19H14F6N2O2. The highest BCUT2D eigenvalue weighted by Crippen LogP contribution is 2.38. The maximum atomic E-state index is 13.8. The zero-order chi connectivity index (χ0) is 21.5. The second-order valence-electron chi connectivity index (χ2n) is 6.66. The topological polar surface area (TPSA) is 49.4 Å². The van der Waals surface area contributed by atoms with Crippen LogP contribution in [0.4, 0.5) is 32.0 Å². The lowest BCUT2D eigenvalue weighted by atomic mass is 9.87. The average Bonchev–Trinajstić information content (AvgIpc) is 2.93. The number of benzene rings is 2. The monoisotopic (exact) mass is 416 g/mol. The summed E-state index contributed by atoms with van der Waals surface area (Å²) in [6.45, 7) is -0.150. The summed E-state index contributed by atoms with van der Waals surface area (Å²) in [5, 5.41) is 2.09. The molecule has 2 aromatic rings. The molecule has 1 N–H and O–H groups in total. The van der Waals surface area contributed by atoms with Gasteiger partial charge in [0.05, 0.1) is 11.3 Å². The molecule has 154 valence electrons. The first-order valence-electron chi connectivity index (χ1n) is 8.36. The number of anilines is 1. The zero-order valence-corrected chi connectivity index (χ0v) is 14.9. The van der Waals surface area contributed by atoms with E-state index in [0.29, 0.717) is 12.1 Å². The van der Waals surface area contributed by atoms with E-state index in [9.17, 15) is 35.9 Å². The van der Waals surface area contributed by atoms with Gasteiger partial charge in [-0.25, -0.2) is 13.2 Å². The SMILES string of the molecule is CN1C[C@H](c2cc(F)cc(C(F)(F)F)c2)[C@@H](C(=O)Nc2cccc(F)c2F)C1=O. The Kier molecular flexibility index (Phi) is 5.29. The van der Waals surface area contributed by atoms with E-state index in [1.165, 1.54) is 7.05 Å². The van der Waals surface area contributed by atoms with E-state index in [0.717, 1.165) is 29.2 Å². The van der Waals surface area contributed by atoms with E-state index in [2.05, 4.69) is 5.32 Å². The molecule has 0 aromatic heterocycles. The summed E-state index contributed by atoms with van der Waals surface area (Å²) in [5.41, 5.74) is -1.98. The van der Waals surface area contributed by atoms with Crippen LogP contribution in [-0.4, -0.2) is 30.3 Å². The molecule has 2 amide bonds. The summed E-state index contributed by atoms with van der Waals surface area (Å²) in [7, 11) is 1.33. The van der Waals surface area contributed by atoms with Crippen molar-refractivity contribution >= 4 is 17.5 Å². The van der Waals surface area contributed by atoms with E-state index >= 15 is 0 Å². The Morgan fingerprint density at radius 1 is 1.14 bits per heavy atom. The van der Waals surface area contributed by atoms with Crippen LogP contribution in [0.15, 0.2) is 36.4 Å². The quantitative estimate of drug-likeness (QED) is 0.609. The summed E-state index contributed by atoms with van der Waals surface area (Å²) in [5.74, 6) is -8.16. The first kappa shape index (κ1) is 20.7. The van der Waals surface area contributed by atoms with Gasteiger partial charge in [0.1, 0.15) is 11.7 Å². The van der Waals surface area contributed by atoms with E-state index in [1.54, 1.807) is 0 Å². The van der Waals surface area contributed by atoms with Crippen molar-refractivity contribution in [2.75, 3.05) is 18.9 Å². The van der Waals surface area contributed by atoms with Crippen molar-refractivity contribution in [2.45, 2.75) is 12.1 Å². The molecule has 0 spiro atoms. The van der Waals surface area contributed by atoms with Crippen LogP contribution in [-0.2, 0) is 15.8 Å². The van der Waals surface area contributed by atoms with Gasteiger partial charge in [0.25, 0.3) is 0 Å². The molecule has 29 heavy (non-hydrogen) atoms. The summed E-state index contributed by atoms with van der Waals surface area (Å²) >= 11 is 0. The molecule has 1 fully saturated rings. The molecule has 0 aliphatic carbocycles. The van der Waals surface area contributed by atoms with Crippen molar-refractivity contribution in [2.24, 2.45) is 5.92 Å². The van der Waals surface area contributed by atoms with Gasteiger partial charge in [0.2, 0.25) is 11.8 Å². The van der Waals surface area contributed by atoms with Gasteiger partial charge in [0.15, 0.2) is 11.6 Å². The summed E-state index contributed by atoms with van der Waals surface area (Å²) in [6.07, 6.45) is -4.83. The first-order chi connectivity index (χ1) is 13.5. The molecule has 3 rings (SSSR count). The molecule has 0 unspecified atom stereocenters. The van der Waals surface area contributed by atoms with Crippen LogP contribution in [0.1, 0.15) is 17.0 Å². The lowest BCUT2D eigenvalue weighted by Crippen LogP contribution is -2.33. The van der Waals surface area contributed by atoms with Crippen molar-refractivity contribution in [3.05, 3.63) is 65.0 Å². The van der Waals surface area contributed by atoms with E-state index < -0.39 is 58.5 Å². The van der Waals surface area contributed by atoms with E-state index in [1.807, 2.05) is 0 Å². The predicted octanol–water partition coefficient (Wildman–Crippen LogP) is 3.93. The minimum atomic E-state index is -4.83. The van der Waals surface area contributed by atoms with Crippen molar-refractivity contribution in [1.82, 2.24) is 4.90 Å². The van der Waals surface area contributed by atoms with Crippen LogP contribution in [0, 0.1) is 23.4 Å². The lowest BCUT2D eigenvalue weighted by Gasteiger charge is -2.19. The molecule has 4 nitrogen and oxygen atoms in total. The van der Waals surface area contributed by atoms with Gasteiger partial charge in [-0.3, -0.25) is 9.59 Å². The number of halogens is 6. The van der Waals surface area contributed by atoms with E-state index in [-0.39, 0.29) is 12.1 Å². The normalized spacial score (nSPS) is 19.6. The fourth-order valence-corrected chi connectivity index (χ4v) is 3.29. The maximum absolute atomic E-state index is 13.8. The molecule has 0 saturated carbocycles. The van der Waals surface area contributed by atoms with Crippen LogP contribution in [0.5, 0.6) is 0 Å².